The normalized spacial score (nSPS) is 24.9. The van der Waals surface area contributed by atoms with Gasteiger partial charge in [0.05, 0.1) is 6.04 Å². The van der Waals surface area contributed by atoms with Crippen molar-refractivity contribution in [2.75, 3.05) is 26.2 Å². The molecular formula is C19H35N3O2. The molecule has 2 heterocycles. The molecule has 2 saturated heterocycles. The van der Waals surface area contributed by atoms with Gasteiger partial charge >= 0.3 is 0 Å². The van der Waals surface area contributed by atoms with E-state index < -0.39 is 0 Å². The molecule has 24 heavy (non-hydrogen) atoms. The average Bonchev–Trinajstić information content (AvgIpc) is 3.06. The minimum absolute atomic E-state index is 0.0104. The van der Waals surface area contributed by atoms with E-state index >= 15 is 0 Å². The van der Waals surface area contributed by atoms with E-state index in [2.05, 4.69) is 31.4 Å². The topological polar surface area (TPSA) is 61.4 Å². The molecule has 2 atom stereocenters. The number of rotatable bonds is 6. The minimum atomic E-state index is -0.0104. The van der Waals surface area contributed by atoms with Crippen LogP contribution >= 0.6 is 0 Å². The highest BCUT2D eigenvalue weighted by Crippen LogP contribution is 2.23. The molecular weight excluding hydrogens is 302 g/mol. The van der Waals surface area contributed by atoms with Crippen LogP contribution in [0.5, 0.6) is 0 Å². The predicted octanol–water partition coefficient (Wildman–Crippen LogP) is 2.31. The smallest absolute Gasteiger partial charge is 0.237 e. The Morgan fingerprint density at radius 3 is 2.67 bits per heavy atom. The average molecular weight is 338 g/mol. The molecule has 2 unspecified atom stereocenters. The van der Waals surface area contributed by atoms with Gasteiger partial charge in [-0.15, -0.1) is 0 Å². The third kappa shape index (κ3) is 6.42. The number of carbonyl (C=O) groups excluding carboxylic acids is 2. The monoisotopic (exact) mass is 337 g/mol. The third-order valence-corrected chi connectivity index (χ3v) is 5.13. The van der Waals surface area contributed by atoms with E-state index in [0.29, 0.717) is 24.3 Å². The van der Waals surface area contributed by atoms with Crippen LogP contribution in [0.4, 0.5) is 0 Å². The lowest BCUT2D eigenvalue weighted by atomic mass is 9.89. The molecule has 5 heteroatoms. The van der Waals surface area contributed by atoms with Crippen LogP contribution in [-0.4, -0.2) is 48.9 Å². The van der Waals surface area contributed by atoms with Gasteiger partial charge in [0.15, 0.2) is 0 Å². The van der Waals surface area contributed by atoms with E-state index in [1.54, 1.807) is 0 Å². The molecule has 0 aliphatic carbocycles. The molecule has 2 rings (SSSR count). The molecule has 2 N–H and O–H groups in total. The zero-order valence-electron chi connectivity index (χ0n) is 15.7. The largest absolute Gasteiger partial charge is 0.354 e. The first-order valence-electron chi connectivity index (χ1n) is 9.64. The zero-order valence-corrected chi connectivity index (χ0v) is 15.7. The number of nitrogens with one attached hydrogen (secondary N) is 2. The Labute approximate surface area is 146 Å². The van der Waals surface area contributed by atoms with Crippen LogP contribution in [0.15, 0.2) is 0 Å². The van der Waals surface area contributed by atoms with Gasteiger partial charge in [-0.05, 0) is 56.4 Å². The molecule has 0 aromatic carbocycles. The van der Waals surface area contributed by atoms with Gasteiger partial charge in [-0.2, -0.15) is 0 Å². The van der Waals surface area contributed by atoms with Crippen LogP contribution in [0, 0.1) is 11.3 Å². The van der Waals surface area contributed by atoms with E-state index in [0.717, 1.165) is 58.2 Å². The summed E-state index contributed by atoms with van der Waals surface area (Å²) in [5.41, 5.74) is 0.295. The molecule has 0 spiro atoms. The Morgan fingerprint density at radius 2 is 2.00 bits per heavy atom. The molecule has 0 radical (unpaired) electrons. The number of nitrogens with zero attached hydrogens (tertiary/aromatic N) is 1. The molecule has 0 saturated carbocycles. The Morgan fingerprint density at radius 1 is 1.21 bits per heavy atom. The highest BCUT2D eigenvalue weighted by atomic mass is 16.2. The maximum atomic E-state index is 12.4. The maximum Gasteiger partial charge on any atom is 0.237 e. The van der Waals surface area contributed by atoms with Gasteiger partial charge in [-0.25, -0.2) is 0 Å². The van der Waals surface area contributed by atoms with Crippen LogP contribution in [0.1, 0.15) is 65.7 Å². The number of likely N-dealkylation sites (tertiary alicyclic amines) is 1. The SMILES string of the molecule is CC(C)(C)CCCC(=O)N1CCCC(CNC(=O)C2CCCN2)C1. The molecule has 2 fully saturated rings. The Kier molecular flexibility index (Phi) is 7.08. The molecule has 5 nitrogen and oxygen atoms in total. The van der Waals surface area contributed by atoms with Crippen molar-refractivity contribution in [3.05, 3.63) is 0 Å². The number of amides is 2. The zero-order chi connectivity index (χ0) is 17.6. The molecule has 138 valence electrons. The number of piperidine rings is 1. The van der Waals surface area contributed by atoms with E-state index in [1.807, 2.05) is 4.90 Å². The summed E-state index contributed by atoms with van der Waals surface area (Å²) in [6.45, 7) is 9.97. The maximum absolute atomic E-state index is 12.4. The van der Waals surface area contributed by atoms with E-state index in [4.69, 9.17) is 0 Å². The lowest BCUT2D eigenvalue weighted by Crippen LogP contribution is -2.46. The van der Waals surface area contributed by atoms with Crippen molar-refractivity contribution in [1.82, 2.24) is 15.5 Å². The summed E-state index contributed by atoms with van der Waals surface area (Å²) in [6.07, 6.45) is 6.88. The van der Waals surface area contributed by atoms with Crippen LogP contribution in [-0.2, 0) is 9.59 Å². The van der Waals surface area contributed by atoms with Crippen molar-refractivity contribution in [2.45, 2.75) is 71.8 Å². The van der Waals surface area contributed by atoms with Gasteiger partial charge in [0.1, 0.15) is 0 Å². The predicted molar refractivity (Wildman–Crippen MR) is 96.6 cm³/mol. The number of hydrogen-bond acceptors (Lipinski definition) is 3. The van der Waals surface area contributed by atoms with Crippen molar-refractivity contribution in [3.8, 4) is 0 Å². The summed E-state index contributed by atoms with van der Waals surface area (Å²) in [5.74, 6) is 0.810. The summed E-state index contributed by atoms with van der Waals surface area (Å²) < 4.78 is 0. The summed E-state index contributed by atoms with van der Waals surface area (Å²) in [4.78, 5) is 26.5. The highest BCUT2D eigenvalue weighted by Gasteiger charge is 2.26. The fourth-order valence-corrected chi connectivity index (χ4v) is 3.66. The first kappa shape index (κ1) is 19.2. The van der Waals surface area contributed by atoms with Crippen molar-refractivity contribution < 1.29 is 9.59 Å². The Hall–Kier alpha value is -1.10. The van der Waals surface area contributed by atoms with Crippen LogP contribution in [0.3, 0.4) is 0 Å². The van der Waals surface area contributed by atoms with Gasteiger partial charge in [0.25, 0.3) is 0 Å². The summed E-state index contributed by atoms with van der Waals surface area (Å²) in [7, 11) is 0. The molecule has 2 aliphatic heterocycles. The number of carbonyl (C=O) groups is 2. The van der Waals surface area contributed by atoms with Gasteiger partial charge in [-0.3, -0.25) is 9.59 Å². The van der Waals surface area contributed by atoms with Gasteiger partial charge in [0.2, 0.25) is 11.8 Å². The Balaban J connectivity index is 1.68. The first-order chi connectivity index (χ1) is 11.3. The fraction of sp³-hybridized carbons (Fsp3) is 0.895. The van der Waals surface area contributed by atoms with Crippen LogP contribution in [0.25, 0.3) is 0 Å². The van der Waals surface area contributed by atoms with Crippen molar-refractivity contribution >= 4 is 11.8 Å². The van der Waals surface area contributed by atoms with Crippen LogP contribution < -0.4 is 10.6 Å². The third-order valence-electron chi connectivity index (χ3n) is 5.13. The molecule has 0 aromatic heterocycles. The van der Waals surface area contributed by atoms with Crippen LogP contribution in [0.2, 0.25) is 0 Å². The first-order valence-corrected chi connectivity index (χ1v) is 9.64. The summed E-state index contributed by atoms with van der Waals surface area (Å²) >= 11 is 0. The molecule has 0 aromatic rings. The lowest BCUT2D eigenvalue weighted by molar-refractivity contribution is -0.133. The highest BCUT2D eigenvalue weighted by molar-refractivity contribution is 5.82. The molecule has 0 bridgehead atoms. The standard InChI is InChI=1S/C19H35N3O2/c1-19(2,3)10-4-9-17(23)22-12-6-7-15(14-22)13-21-18(24)16-8-5-11-20-16/h15-16,20H,4-14H2,1-3H3,(H,21,24). The summed E-state index contributed by atoms with van der Waals surface area (Å²) in [6, 6.07) is -0.0104. The Bertz CT molecular complexity index is 425. The second kappa shape index (κ2) is 8.84. The fourth-order valence-electron chi connectivity index (χ4n) is 3.66. The summed E-state index contributed by atoms with van der Waals surface area (Å²) in [5, 5.41) is 6.31. The van der Waals surface area contributed by atoms with Gasteiger partial charge in [0, 0.05) is 26.1 Å². The molecule has 2 aliphatic rings. The van der Waals surface area contributed by atoms with Crippen molar-refractivity contribution in [2.24, 2.45) is 11.3 Å². The van der Waals surface area contributed by atoms with E-state index in [1.165, 1.54) is 0 Å². The second-order valence-corrected chi connectivity index (χ2v) is 8.66. The lowest BCUT2D eigenvalue weighted by Gasteiger charge is -2.33. The van der Waals surface area contributed by atoms with Gasteiger partial charge in [-0.1, -0.05) is 20.8 Å². The molecule has 2 amide bonds. The van der Waals surface area contributed by atoms with Crippen molar-refractivity contribution in [3.63, 3.8) is 0 Å². The quantitative estimate of drug-likeness (QED) is 0.782. The minimum Gasteiger partial charge on any atom is -0.354 e. The van der Waals surface area contributed by atoms with Crippen molar-refractivity contribution in [1.29, 1.82) is 0 Å². The van der Waals surface area contributed by atoms with E-state index in [9.17, 15) is 9.59 Å². The van der Waals surface area contributed by atoms with Gasteiger partial charge < -0.3 is 15.5 Å². The second-order valence-electron chi connectivity index (χ2n) is 8.66. The van der Waals surface area contributed by atoms with E-state index in [-0.39, 0.29) is 17.9 Å². The number of hydrogen-bond donors (Lipinski definition) is 2.